The van der Waals surface area contributed by atoms with Crippen molar-refractivity contribution in [3.05, 3.63) is 11.6 Å². The molecule has 0 aliphatic carbocycles. The van der Waals surface area contributed by atoms with Gasteiger partial charge in [0.25, 0.3) is 0 Å². The second-order valence-electron chi connectivity index (χ2n) is 5.09. The van der Waals surface area contributed by atoms with E-state index in [0.717, 1.165) is 31.6 Å². The first kappa shape index (κ1) is 15.2. The van der Waals surface area contributed by atoms with Gasteiger partial charge in [-0.15, -0.1) is 0 Å². The number of esters is 1. The molecule has 1 aliphatic heterocycles. The van der Waals surface area contributed by atoms with E-state index < -0.39 is 0 Å². The van der Waals surface area contributed by atoms with Gasteiger partial charge in [0.1, 0.15) is 0 Å². The van der Waals surface area contributed by atoms with Crippen LogP contribution >= 0.6 is 0 Å². The van der Waals surface area contributed by atoms with Crippen LogP contribution in [0.2, 0.25) is 0 Å². The Morgan fingerprint density at radius 3 is 2.78 bits per heavy atom. The second-order valence-corrected chi connectivity index (χ2v) is 5.09. The first-order valence-corrected chi connectivity index (χ1v) is 6.74. The Hall–Kier alpha value is -0.870. The molecule has 0 spiro atoms. The molecule has 0 saturated carbocycles. The normalized spacial score (nSPS) is 22.3. The van der Waals surface area contributed by atoms with Gasteiger partial charge in [0.05, 0.1) is 7.11 Å². The van der Waals surface area contributed by atoms with E-state index in [2.05, 4.69) is 23.9 Å². The predicted octanol–water partition coefficient (Wildman–Crippen LogP) is 1.52. The van der Waals surface area contributed by atoms with E-state index in [9.17, 15) is 4.79 Å². The van der Waals surface area contributed by atoms with Gasteiger partial charge in [-0.3, -0.25) is 4.90 Å². The Kier molecular flexibility index (Phi) is 6.36. The summed E-state index contributed by atoms with van der Waals surface area (Å²) >= 11 is 0. The summed E-state index contributed by atoms with van der Waals surface area (Å²) in [6, 6.07) is 0.635. The van der Waals surface area contributed by atoms with Crippen LogP contribution in [0.15, 0.2) is 11.6 Å². The van der Waals surface area contributed by atoms with E-state index in [1.807, 2.05) is 13.0 Å². The number of rotatable bonds is 5. The summed E-state index contributed by atoms with van der Waals surface area (Å²) in [5, 5.41) is 0. The van der Waals surface area contributed by atoms with Crippen molar-refractivity contribution >= 4 is 5.97 Å². The number of carbonyl (C=O) groups excluding carboxylic acids is 1. The van der Waals surface area contributed by atoms with E-state index in [1.165, 1.54) is 20.0 Å². The van der Waals surface area contributed by atoms with Crippen molar-refractivity contribution < 1.29 is 9.53 Å². The fourth-order valence-corrected chi connectivity index (χ4v) is 2.36. The molecule has 4 nitrogen and oxygen atoms in total. The van der Waals surface area contributed by atoms with Gasteiger partial charge in [-0.1, -0.05) is 13.0 Å². The van der Waals surface area contributed by atoms with Crippen LogP contribution in [0, 0.1) is 0 Å². The minimum absolute atomic E-state index is 0.196. The molecule has 1 unspecified atom stereocenters. The third-order valence-electron chi connectivity index (χ3n) is 3.64. The monoisotopic (exact) mass is 254 g/mol. The molecule has 18 heavy (non-hydrogen) atoms. The Bertz CT molecular complexity index is 300. The molecule has 0 radical (unpaired) electrons. The van der Waals surface area contributed by atoms with Crippen LogP contribution in [0.25, 0.3) is 0 Å². The number of methoxy groups -OCH3 is 1. The fourth-order valence-electron chi connectivity index (χ4n) is 2.36. The molecule has 1 aliphatic rings. The number of carbonyl (C=O) groups is 1. The van der Waals surface area contributed by atoms with Gasteiger partial charge in [0.2, 0.25) is 0 Å². The summed E-state index contributed by atoms with van der Waals surface area (Å²) in [5.74, 6) is -0.196. The number of ether oxygens (including phenoxy) is 1. The molecule has 0 aromatic heterocycles. The van der Waals surface area contributed by atoms with Gasteiger partial charge in [0.15, 0.2) is 0 Å². The van der Waals surface area contributed by atoms with Crippen molar-refractivity contribution in [3.63, 3.8) is 0 Å². The predicted molar refractivity (Wildman–Crippen MR) is 73.5 cm³/mol. The number of likely N-dealkylation sites (N-methyl/N-ethyl adjacent to an activating group) is 1. The number of nitrogens with zero attached hydrogens (tertiary/aromatic N) is 2. The highest BCUT2D eigenvalue weighted by atomic mass is 16.5. The number of hydrogen-bond donors (Lipinski definition) is 0. The molecule has 0 aromatic rings. The highest BCUT2D eigenvalue weighted by Crippen LogP contribution is 2.14. The maximum atomic E-state index is 11.5. The summed E-state index contributed by atoms with van der Waals surface area (Å²) < 4.78 is 4.77. The molecule has 0 N–H and O–H groups in total. The van der Waals surface area contributed by atoms with Gasteiger partial charge in [0, 0.05) is 24.7 Å². The minimum Gasteiger partial charge on any atom is -0.466 e. The van der Waals surface area contributed by atoms with Crippen molar-refractivity contribution in [2.75, 3.05) is 40.8 Å². The molecular formula is C14H26N2O2. The molecule has 4 heteroatoms. The summed E-state index contributed by atoms with van der Waals surface area (Å²) in [7, 11) is 5.71. The van der Waals surface area contributed by atoms with Crippen LogP contribution in [-0.4, -0.2) is 62.7 Å². The summed E-state index contributed by atoms with van der Waals surface area (Å²) in [4.78, 5) is 16.2. The maximum absolute atomic E-state index is 11.5. The lowest BCUT2D eigenvalue weighted by atomic mass is 10.0. The maximum Gasteiger partial charge on any atom is 0.333 e. The highest BCUT2D eigenvalue weighted by Gasteiger charge is 2.20. The van der Waals surface area contributed by atoms with Gasteiger partial charge in [-0.05, 0) is 39.9 Å². The van der Waals surface area contributed by atoms with Gasteiger partial charge < -0.3 is 9.64 Å². The summed E-state index contributed by atoms with van der Waals surface area (Å²) in [6.07, 6.45) is 5.25. The van der Waals surface area contributed by atoms with E-state index in [4.69, 9.17) is 4.74 Å². The molecule has 1 heterocycles. The Morgan fingerprint density at radius 2 is 2.22 bits per heavy atom. The molecular weight excluding hydrogens is 228 g/mol. The molecule has 1 saturated heterocycles. The topological polar surface area (TPSA) is 32.8 Å². The molecule has 0 amide bonds. The number of piperidine rings is 1. The number of likely N-dealkylation sites (tertiary alicyclic amines) is 1. The Morgan fingerprint density at radius 1 is 1.50 bits per heavy atom. The quantitative estimate of drug-likeness (QED) is 0.550. The van der Waals surface area contributed by atoms with E-state index >= 15 is 0 Å². The van der Waals surface area contributed by atoms with Crippen molar-refractivity contribution in [2.45, 2.75) is 32.2 Å². The van der Waals surface area contributed by atoms with Crippen LogP contribution in [-0.2, 0) is 9.53 Å². The molecule has 1 fully saturated rings. The van der Waals surface area contributed by atoms with Gasteiger partial charge in [-0.25, -0.2) is 4.79 Å². The van der Waals surface area contributed by atoms with E-state index in [1.54, 1.807) is 0 Å². The standard InChI is InChI=1S/C14H26N2O2/c1-5-12(14(17)18-4)8-10-16-9-6-7-13(11-16)15(2)3/h8,13H,5-7,9-11H2,1-4H3. The van der Waals surface area contributed by atoms with Crippen molar-refractivity contribution in [1.82, 2.24) is 9.80 Å². The Balaban J connectivity index is 2.51. The zero-order valence-corrected chi connectivity index (χ0v) is 12.1. The van der Waals surface area contributed by atoms with Crippen molar-refractivity contribution in [2.24, 2.45) is 0 Å². The minimum atomic E-state index is -0.196. The zero-order valence-electron chi connectivity index (χ0n) is 12.1. The molecule has 1 atom stereocenters. The zero-order chi connectivity index (χ0) is 13.5. The first-order chi connectivity index (χ1) is 8.58. The van der Waals surface area contributed by atoms with Crippen molar-refractivity contribution in [1.29, 1.82) is 0 Å². The van der Waals surface area contributed by atoms with Crippen LogP contribution < -0.4 is 0 Å². The molecule has 104 valence electrons. The SMILES string of the molecule is CCC(=CCN1CCCC(N(C)C)C1)C(=O)OC. The molecule has 1 rings (SSSR count). The number of hydrogen-bond acceptors (Lipinski definition) is 4. The van der Waals surface area contributed by atoms with Crippen LogP contribution in [0.3, 0.4) is 0 Å². The van der Waals surface area contributed by atoms with Crippen molar-refractivity contribution in [3.8, 4) is 0 Å². The highest BCUT2D eigenvalue weighted by molar-refractivity contribution is 5.88. The largest absolute Gasteiger partial charge is 0.466 e. The average Bonchev–Trinajstić information content (AvgIpc) is 2.39. The Labute approximate surface area is 111 Å². The van der Waals surface area contributed by atoms with E-state index in [0.29, 0.717) is 6.04 Å². The summed E-state index contributed by atoms with van der Waals surface area (Å²) in [5.41, 5.74) is 0.782. The lowest BCUT2D eigenvalue weighted by Gasteiger charge is -2.35. The van der Waals surface area contributed by atoms with E-state index in [-0.39, 0.29) is 5.97 Å². The van der Waals surface area contributed by atoms with Gasteiger partial charge in [-0.2, -0.15) is 0 Å². The fraction of sp³-hybridized carbons (Fsp3) is 0.786. The third-order valence-corrected chi connectivity index (χ3v) is 3.64. The lowest BCUT2D eigenvalue weighted by molar-refractivity contribution is -0.136. The van der Waals surface area contributed by atoms with Crippen LogP contribution in [0.5, 0.6) is 0 Å². The summed E-state index contributed by atoms with van der Waals surface area (Å²) in [6.45, 7) is 5.05. The lowest BCUT2D eigenvalue weighted by Crippen LogP contribution is -2.45. The van der Waals surface area contributed by atoms with Crippen LogP contribution in [0.4, 0.5) is 0 Å². The second kappa shape index (κ2) is 7.54. The first-order valence-electron chi connectivity index (χ1n) is 6.74. The third kappa shape index (κ3) is 4.42. The van der Waals surface area contributed by atoms with Gasteiger partial charge >= 0.3 is 5.97 Å². The molecule has 0 aromatic carbocycles. The van der Waals surface area contributed by atoms with Crippen LogP contribution in [0.1, 0.15) is 26.2 Å². The average molecular weight is 254 g/mol. The molecule has 0 bridgehead atoms. The smallest absolute Gasteiger partial charge is 0.333 e.